The first-order valence-electron chi connectivity index (χ1n) is 4.94. The van der Waals surface area contributed by atoms with Gasteiger partial charge >= 0.3 is 0 Å². The quantitative estimate of drug-likeness (QED) is 0.611. The van der Waals surface area contributed by atoms with Crippen LogP contribution in [-0.4, -0.2) is 22.9 Å². The third kappa shape index (κ3) is 1.93. The van der Waals surface area contributed by atoms with Gasteiger partial charge in [0.15, 0.2) is 0 Å². The Bertz CT molecular complexity index is 220. The number of nitrogens with zero attached hydrogens (tertiary/aromatic N) is 1. The molecule has 0 spiro atoms. The summed E-state index contributed by atoms with van der Waals surface area (Å²) >= 11 is 0. The molecule has 2 nitrogen and oxygen atoms in total. The van der Waals surface area contributed by atoms with Crippen molar-refractivity contribution < 1.29 is 4.79 Å². The largest absolute Gasteiger partial charge is 0.337 e. The standard InChI is InChI=1S/C11H19NO/c1-5-9-7-10(13)12(8-9)11(3,4)6-2/h5,9H,1,6-8H2,2-4H3. The van der Waals surface area contributed by atoms with E-state index in [1.807, 2.05) is 11.0 Å². The van der Waals surface area contributed by atoms with Gasteiger partial charge in [-0.3, -0.25) is 4.79 Å². The Morgan fingerprint density at radius 3 is 2.69 bits per heavy atom. The average molecular weight is 181 g/mol. The monoisotopic (exact) mass is 181 g/mol. The van der Waals surface area contributed by atoms with Crippen molar-refractivity contribution in [3.05, 3.63) is 12.7 Å². The fourth-order valence-corrected chi connectivity index (χ4v) is 1.67. The highest BCUT2D eigenvalue weighted by atomic mass is 16.2. The SMILES string of the molecule is C=CC1CC(=O)N(C(C)(C)CC)C1. The molecule has 1 aliphatic heterocycles. The highest BCUT2D eigenvalue weighted by Crippen LogP contribution is 2.28. The molecular weight excluding hydrogens is 162 g/mol. The zero-order valence-corrected chi connectivity index (χ0v) is 8.84. The lowest BCUT2D eigenvalue weighted by molar-refractivity contribution is -0.132. The summed E-state index contributed by atoms with van der Waals surface area (Å²) in [5.74, 6) is 0.634. The zero-order valence-electron chi connectivity index (χ0n) is 8.84. The Morgan fingerprint density at radius 1 is 1.69 bits per heavy atom. The maximum absolute atomic E-state index is 11.6. The number of hydrogen-bond donors (Lipinski definition) is 0. The van der Waals surface area contributed by atoms with E-state index in [0.29, 0.717) is 12.3 Å². The first kappa shape index (κ1) is 10.3. The molecule has 1 aliphatic rings. The molecule has 0 aromatic rings. The lowest BCUT2D eigenvalue weighted by Crippen LogP contribution is -2.44. The van der Waals surface area contributed by atoms with E-state index < -0.39 is 0 Å². The molecule has 1 unspecified atom stereocenters. The summed E-state index contributed by atoms with van der Waals surface area (Å²) in [4.78, 5) is 13.6. The Hall–Kier alpha value is -0.790. The summed E-state index contributed by atoms with van der Waals surface area (Å²) in [6.07, 6.45) is 3.54. The third-order valence-corrected chi connectivity index (χ3v) is 3.08. The van der Waals surface area contributed by atoms with E-state index in [2.05, 4.69) is 27.4 Å². The molecule has 0 N–H and O–H groups in total. The minimum absolute atomic E-state index is 0.00877. The van der Waals surface area contributed by atoms with Crippen LogP contribution in [0.5, 0.6) is 0 Å². The van der Waals surface area contributed by atoms with Crippen LogP contribution in [0.3, 0.4) is 0 Å². The van der Waals surface area contributed by atoms with Crippen molar-refractivity contribution in [3.63, 3.8) is 0 Å². The molecule has 13 heavy (non-hydrogen) atoms. The fourth-order valence-electron chi connectivity index (χ4n) is 1.67. The van der Waals surface area contributed by atoms with Gasteiger partial charge in [0.1, 0.15) is 0 Å². The molecule has 0 aliphatic carbocycles. The molecule has 1 rings (SSSR count). The zero-order chi connectivity index (χ0) is 10.1. The predicted octanol–water partition coefficient (Wildman–Crippen LogP) is 2.21. The summed E-state index contributed by atoms with van der Waals surface area (Å²) < 4.78 is 0. The van der Waals surface area contributed by atoms with Gasteiger partial charge in [-0.05, 0) is 20.3 Å². The van der Waals surface area contributed by atoms with Crippen molar-refractivity contribution in [2.75, 3.05) is 6.54 Å². The van der Waals surface area contributed by atoms with Crippen LogP contribution in [0.2, 0.25) is 0 Å². The molecule has 0 aromatic heterocycles. The van der Waals surface area contributed by atoms with Crippen molar-refractivity contribution in [2.24, 2.45) is 5.92 Å². The van der Waals surface area contributed by atoms with Crippen LogP contribution in [0.4, 0.5) is 0 Å². The van der Waals surface area contributed by atoms with Crippen molar-refractivity contribution in [1.82, 2.24) is 4.90 Å². The molecule has 74 valence electrons. The van der Waals surface area contributed by atoms with Gasteiger partial charge in [-0.2, -0.15) is 0 Å². The van der Waals surface area contributed by atoms with Crippen LogP contribution in [0.15, 0.2) is 12.7 Å². The summed E-state index contributed by atoms with van der Waals surface area (Å²) in [6.45, 7) is 11.0. The summed E-state index contributed by atoms with van der Waals surface area (Å²) in [5.41, 5.74) is 0.00877. The van der Waals surface area contributed by atoms with Crippen molar-refractivity contribution in [2.45, 2.75) is 39.2 Å². The van der Waals surface area contributed by atoms with Crippen LogP contribution < -0.4 is 0 Å². The molecule has 1 atom stereocenters. The maximum Gasteiger partial charge on any atom is 0.223 e. The Balaban J connectivity index is 2.72. The highest BCUT2D eigenvalue weighted by Gasteiger charge is 2.36. The van der Waals surface area contributed by atoms with Crippen LogP contribution in [0, 0.1) is 5.92 Å². The number of likely N-dealkylation sites (tertiary alicyclic amines) is 1. The lowest BCUT2D eigenvalue weighted by atomic mass is 10.00. The number of rotatable bonds is 3. The molecule has 1 heterocycles. The number of carbonyl (C=O) groups is 1. The number of carbonyl (C=O) groups excluding carboxylic acids is 1. The summed E-state index contributed by atoms with van der Waals surface area (Å²) in [6, 6.07) is 0. The number of hydrogen-bond acceptors (Lipinski definition) is 1. The van der Waals surface area contributed by atoms with Gasteiger partial charge in [-0.15, -0.1) is 6.58 Å². The molecule has 0 saturated carbocycles. The third-order valence-electron chi connectivity index (χ3n) is 3.08. The van der Waals surface area contributed by atoms with Crippen molar-refractivity contribution >= 4 is 5.91 Å². The Kier molecular flexibility index (Phi) is 2.79. The second-order valence-corrected chi connectivity index (χ2v) is 4.37. The van der Waals surface area contributed by atoms with Crippen LogP contribution in [0.25, 0.3) is 0 Å². The molecule has 0 radical (unpaired) electrons. The van der Waals surface area contributed by atoms with Crippen LogP contribution in [0.1, 0.15) is 33.6 Å². The van der Waals surface area contributed by atoms with Gasteiger partial charge in [-0.1, -0.05) is 13.0 Å². The second-order valence-electron chi connectivity index (χ2n) is 4.37. The molecule has 0 bridgehead atoms. The molecular formula is C11H19NO. The van der Waals surface area contributed by atoms with E-state index in [9.17, 15) is 4.79 Å². The molecule has 1 saturated heterocycles. The molecule has 0 aromatic carbocycles. The smallest absolute Gasteiger partial charge is 0.223 e. The van der Waals surface area contributed by atoms with E-state index in [4.69, 9.17) is 0 Å². The van der Waals surface area contributed by atoms with E-state index in [0.717, 1.165) is 13.0 Å². The predicted molar refractivity (Wildman–Crippen MR) is 54.4 cm³/mol. The Morgan fingerprint density at radius 2 is 2.31 bits per heavy atom. The van der Waals surface area contributed by atoms with Crippen molar-refractivity contribution in [3.8, 4) is 0 Å². The van der Waals surface area contributed by atoms with Gasteiger partial charge in [0.2, 0.25) is 5.91 Å². The van der Waals surface area contributed by atoms with Gasteiger partial charge < -0.3 is 4.90 Å². The van der Waals surface area contributed by atoms with E-state index in [1.165, 1.54) is 0 Å². The lowest BCUT2D eigenvalue weighted by Gasteiger charge is -2.34. The second kappa shape index (κ2) is 3.52. The van der Waals surface area contributed by atoms with E-state index in [1.54, 1.807) is 0 Å². The molecule has 2 heteroatoms. The average Bonchev–Trinajstić information content (AvgIpc) is 2.47. The fraction of sp³-hybridized carbons (Fsp3) is 0.727. The molecule has 1 amide bonds. The van der Waals surface area contributed by atoms with Crippen molar-refractivity contribution in [1.29, 1.82) is 0 Å². The minimum atomic E-state index is 0.00877. The molecule has 1 fully saturated rings. The van der Waals surface area contributed by atoms with Gasteiger partial charge in [0.05, 0.1) is 0 Å². The van der Waals surface area contributed by atoms with Gasteiger partial charge in [-0.25, -0.2) is 0 Å². The number of amides is 1. The van der Waals surface area contributed by atoms with E-state index >= 15 is 0 Å². The van der Waals surface area contributed by atoms with Crippen LogP contribution in [-0.2, 0) is 4.79 Å². The summed E-state index contributed by atoms with van der Waals surface area (Å²) in [5, 5.41) is 0. The normalized spacial score (nSPS) is 23.8. The van der Waals surface area contributed by atoms with Gasteiger partial charge in [0.25, 0.3) is 0 Å². The highest BCUT2D eigenvalue weighted by molar-refractivity contribution is 5.79. The van der Waals surface area contributed by atoms with Crippen LogP contribution >= 0.6 is 0 Å². The minimum Gasteiger partial charge on any atom is -0.337 e. The first-order chi connectivity index (χ1) is 6.01. The van der Waals surface area contributed by atoms with Gasteiger partial charge in [0, 0.05) is 24.4 Å². The first-order valence-corrected chi connectivity index (χ1v) is 4.94. The van der Waals surface area contributed by atoms with E-state index in [-0.39, 0.29) is 11.4 Å². The Labute approximate surface area is 80.6 Å². The topological polar surface area (TPSA) is 20.3 Å². The summed E-state index contributed by atoms with van der Waals surface area (Å²) in [7, 11) is 0. The maximum atomic E-state index is 11.6.